The third kappa shape index (κ3) is 49.4. The van der Waals surface area contributed by atoms with E-state index in [0.29, 0.717) is 19.3 Å². The van der Waals surface area contributed by atoms with Crippen molar-refractivity contribution in [3.8, 4) is 0 Å². The van der Waals surface area contributed by atoms with E-state index in [0.717, 1.165) is 75.5 Å². The molecule has 6 heteroatoms. The molecule has 0 rings (SSSR count). The van der Waals surface area contributed by atoms with Gasteiger partial charge in [-0.25, -0.2) is 0 Å². The Hall–Kier alpha value is -1.59. The molecular formula is C56H108O6. The van der Waals surface area contributed by atoms with Gasteiger partial charge in [-0.05, 0) is 37.0 Å². The van der Waals surface area contributed by atoms with Crippen LogP contribution in [0.5, 0.6) is 0 Å². The van der Waals surface area contributed by atoms with Gasteiger partial charge < -0.3 is 14.2 Å². The van der Waals surface area contributed by atoms with Crippen molar-refractivity contribution in [1.82, 2.24) is 0 Å². The predicted octanol–water partition coefficient (Wildman–Crippen LogP) is 17.9. The topological polar surface area (TPSA) is 78.9 Å². The smallest absolute Gasteiger partial charge is 0.306 e. The largest absolute Gasteiger partial charge is 0.462 e. The molecular weight excluding hydrogens is 769 g/mol. The quantitative estimate of drug-likeness (QED) is 0.0344. The summed E-state index contributed by atoms with van der Waals surface area (Å²) in [7, 11) is 0. The van der Waals surface area contributed by atoms with Crippen LogP contribution in [-0.4, -0.2) is 37.2 Å². The maximum absolute atomic E-state index is 12.8. The van der Waals surface area contributed by atoms with Crippen LogP contribution in [0.1, 0.15) is 305 Å². The lowest BCUT2D eigenvalue weighted by atomic mass is 10.0. The lowest BCUT2D eigenvalue weighted by Gasteiger charge is -2.18. The number of carbonyl (C=O) groups excluding carboxylic acids is 3. The first kappa shape index (κ1) is 60.4. The molecule has 1 atom stereocenters. The second-order valence-corrected chi connectivity index (χ2v) is 20.6. The van der Waals surface area contributed by atoms with Gasteiger partial charge in [0.15, 0.2) is 6.10 Å². The van der Waals surface area contributed by atoms with Crippen LogP contribution in [0.4, 0.5) is 0 Å². The summed E-state index contributed by atoms with van der Waals surface area (Å²) >= 11 is 0. The van der Waals surface area contributed by atoms with Crippen molar-refractivity contribution < 1.29 is 28.6 Å². The van der Waals surface area contributed by atoms with Crippen molar-refractivity contribution in [3.63, 3.8) is 0 Å². The van der Waals surface area contributed by atoms with Gasteiger partial charge in [0, 0.05) is 19.3 Å². The van der Waals surface area contributed by atoms with Crippen molar-refractivity contribution in [2.24, 2.45) is 17.8 Å². The van der Waals surface area contributed by atoms with E-state index >= 15 is 0 Å². The van der Waals surface area contributed by atoms with Crippen LogP contribution in [-0.2, 0) is 28.6 Å². The van der Waals surface area contributed by atoms with Crippen LogP contribution in [0.25, 0.3) is 0 Å². The Bertz CT molecular complexity index is 960. The Morgan fingerprint density at radius 1 is 0.274 bits per heavy atom. The summed E-state index contributed by atoms with van der Waals surface area (Å²) in [6.07, 6.45) is 48.2. The highest BCUT2D eigenvalue weighted by Gasteiger charge is 2.19. The minimum atomic E-state index is -0.763. The summed E-state index contributed by atoms with van der Waals surface area (Å²) < 4.78 is 16.8. The second kappa shape index (κ2) is 47.4. The zero-order valence-electron chi connectivity index (χ0n) is 42.7. The Kier molecular flexibility index (Phi) is 46.2. The summed E-state index contributed by atoms with van der Waals surface area (Å²) in [5.74, 6) is 1.62. The molecule has 0 aliphatic heterocycles. The number of hydrogen-bond donors (Lipinski definition) is 0. The summed E-state index contributed by atoms with van der Waals surface area (Å²) in [6, 6.07) is 0. The first-order valence-corrected chi connectivity index (χ1v) is 27.6. The van der Waals surface area contributed by atoms with Gasteiger partial charge in [0.05, 0.1) is 0 Å². The first-order chi connectivity index (χ1) is 30.1. The molecule has 0 aromatic heterocycles. The molecule has 0 aliphatic carbocycles. The van der Waals surface area contributed by atoms with Crippen molar-refractivity contribution in [1.29, 1.82) is 0 Å². The van der Waals surface area contributed by atoms with Gasteiger partial charge in [-0.1, -0.05) is 266 Å². The summed E-state index contributed by atoms with van der Waals surface area (Å²) in [6.45, 7) is 13.7. The van der Waals surface area contributed by atoms with E-state index in [9.17, 15) is 14.4 Å². The molecule has 6 nitrogen and oxygen atoms in total. The molecule has 62 heavy (non-hydrogen) atoms. The van der Waals surface area contributed by atoms with Crippen LogP contribution < -0.4 is 0 Å². The molecule has 0 radical (unpaired) electrons. The molecule has 0 fully saturated rings. The van der Waals surface area contributed by atoms with Gasteiger partial charge in [-0.3, -0.25) is 14.4 Å². The monoisotopic (exact) mass is 877 g/mol. The molecule has 0 amide bonds. The van der Waals surface area contributed by atoms with Crippen LogP contribution in [0.3, 0.4) is 0 Å². The Morgan fingerprint density at radius 2 is 0.468 bits per heavy atom. The molecule has 0 heterocycles. The van der Waals surface area contributed by atoms with Crippen LogP contribution in [0, 0.1) is 17.8 Å². The average Bonchev–Trinajstić information content (AvgIpc) is 3.23. The maximum atomic E-state index is 12.8. The number of ether oxygens (including phenoxy) is 3. The number of rotatable bonds is 49. The van der Waals surface area contributed by atoms with Crippen molar-refractivity contribution in [3.05, 3.63) is 0 Å². The van der Waals surface area contributed by atoms with Gasteiger partial charge in [0.2, 0.25) is 0 Å². The average molecular weight is 877 g/mol. The molecule has 368 valence electrons. The molecule has 0 bridgehead atoms. The van der Waals surface area contributed by atoms with E-state index in [1.165, 1.54) is 186 Å². The molecule has 0 aromatic carbocycles. The molecule has 0 N–H and O–H groups in total. The van der Waals surface area contributed by atoms with Crippen molar-refractivity contribution >= 4 is 17.9 Å². The lowest BCUT2D eigenvalue weighted by molar-refractivity contribution is -0.167. The molecule has 0 aliphatic rings. The zero-order chi connectivity index (χ0) is 45.6. The SMILES string of the molecule is CC(C)CCCCCCCCCCCCCCCCCCC(=O)OC[C@H](COC(=O)CCCCCCCCCC(C)C)OC(=O)CCCCCCCCCCCCCCC(C)C. The van der Waals surface area contributed by atoms with E-state index in [1.54, 1.807) is 0 Å². The van der Waals surface area contributed by atoms with E-state index in [-0.39, 0.29) is 31.1 Å². The Balaban J connectivity index is 4.25. The minimum Gasteiger partial charge on any atom is -0.462 e. The number of carbonyl (C=O) groups is 3. The van der Waals surface area contributed by atoms with Crippen molar-refractivity contribution in [2.45, 2.75) is 311 Å². The van der Waals surface area contributed by atoms with Gasteiger partial charge in [0.25, 0.3) is 0 Å². The number of unbranched alkanes of at least 4 members (excludes halogenated alkanes) is 32. The van der Waals surface area contributed by atoms with Gasteiger partial charge >= 0.3 is 17.9 Å². The molecule has 0 saturated carbocycles. The highest BCUT2D eigenvalue weighted by atomic mass is 16.6. The van der Waals surface area contributed by atoms with E-state index in [1.807, 2.05) is 0 Å². The molecule has 0 saturated heterocycles. The summed E-state index contributed by atoms with van der Waals surface area (Å²) in [5, 5.41) is 0. The fourth-order valence-electron chi connectivity index (χ4n) is 8.47. The minimum absolute atomic E-state index is 0.0644. The van der Waals surface area contributed by atoms with Crippen LogP contribution in [0.15, 0.2) is 0 Å². The molecule has 0 aromatic rings. The van der Waals surface area contributed by atoms with Crippen molar-refractivity contribution in [2.75, 3.05) is 13.2 Å². The van der Waals surface area contributed by atoms with Gasteiger partial charge in [-0.2, -0.15) is 0 Å². The standard InChI is InChI=1S/C56H108O6/c1-50(2)42-36-30-24-19-15-11-9-7-8-10-12-17-21-27-33-39-45-54(57)60-48-53(49-61-55(58)46-40-34-29-23-26-32-38-44-52(5)6)62-56(59)47-41-35-28-22-18-14-13-16-20-25-31-37-43-51(3)4/h50-53H,7-49H2,1-6H3/t53-/m1/s1. The normalized spacial score (nSPS) is 12.1. The number of hydrogen-bond acceptors (Lipinski definition) is 6. The summed E-state index contributed by atoms with van der Waals surface area (Å²) in [5.41, 5.74) is 0. The maximum Gasteiger partial charge on any atom is 0.306 e. The fraction of sp³-hybridized carbons (Fsp3) is 0.946. The first-order valence-electron chi connectivity index (χ1n) is 27.6. The van der Waals surface area contributed by atoms with E-state index in [4.69, 9.17) is 14.2 Å². The summed E-state index contributed by atoms with van der Waals surface area (Å²) in [4.78, 5) is 38.0. The Morgan fingerprint density at radius 3 is 0.694 bits per heavy atom. The second-order valence-electron chi connectivity index (χ2n) is 20.6. The molecule has 0 spiro atoms. The third-order valence-electron chi connectivity index (χ3n) is 12.6. The van der Waals surface area contributed by atoms with Crippen LogP contribution >= 0.6 is 0 Å². The van der Waals surface area contributed by atoms with Gasteiger partial charge in [-0.15, -0.1) is 0 Å². The van der Waals surface area contributed by atoms with Crippen LogP contribution in [0.2, 0.25) is 0 Å². The fourth-order valence-corrected chi connectivity index (χ4v) is 8.47. The lowest BCUT2D eigenvalue weighted by Crippen LogP contribution is -2.30. The van der Waals surface area contributed by atoms with E-state index < -0.39 is 6.10 Å². The highest BCUT2D eigenvalue weighted by Crippen LogP contribution is 2.18. The Labute approximate surface area is 387 Å². The zero-order valence-corrected chi connectivity index (χ0v) is 42.7. The predicted molar refractivity (Wildman–Crippen MR) is 266 cm³/mol. The van der Waals surface area contributed by atoms with Gasteiger partial charge in [0.1, 0.15) is 13.2 Å². The third-order valence-corrected chi connectivity index (χ3v) is 12.6. The van der Waals surface area contributed by atoms with E-state index in [2.05, 4.69) is 41.5 Å². The highest BCUT2D eigenvalue weighted by molar-refractivity contribution is 5.71. The molecule has 0 unspecified atom stereocenters. The number of esters is 3.